The van der Waals surface area contributed by atoms with Crippen LogP contribution in [0.25, 0.3) is 11.4 Å². The summed E-state index contributed by atoms with van der Waals surface area (Å²) in [7, 11) is 0. The fourth-order valence-corrected chi connectivity index (χ4v) is 4.82. The number of Topliss-reactive ketones (excluding diaryl/α,β-unsaturated/α-hetero) is 1. The third kappa shape index (κ3) is 3.97. The van der Waals surface area contributed by atoms with E-state index >= 15 is 0 Å². The van der Waals surface area contributed by atoms with Crippen molar-refractivity contribution in [1.29, 1.82) is 0 Å². The maximum absolute atomic E-state index is 13.3. The second-order valence-electron chi connectivity index (χ2n) is 8.56. The summed E-state index contributed by atoms with van der Waals surface area (Å²) in [6, 6.07) is 8.38. The minimum atomic E-state index is -0.693. The second kappa shape index (κ2) is 9.36. The van der Waals surface area contributed by atoms with Crippen LogP contribution in [0.1, 0.15) is 29.4 Å². The smallest absolute Gasteiger partial charge is 0.295 e. The van der Waals surface area contributed by atoms with Crippen molar-refractivity contribution in [3.8, 4) is 0 Å². The molecule has 1 atom stereocenters. The van der Waals surface area contributed by atoms with E-state index in [4.69, 9.17) is 4.74 Å². The number of aliphatic hydroxyl groups is 1. The van der Waals surface area contributed by atoms with Gasteiger partial charge in [0.15, 0.2) is 5.76 Å². The molecule has 2 aliphatic rings. The maximum atomic E-state index is 13.3. The molecule has 2 aliphatic heterocycles. The summed E-state index contributed by atoms with van der Waals surface area (Å²) in [6.07, 6.45) is 5.75. The fraction of sp³-hybridized carbons (Fsp3) is 0.360. The van der Waals surface area contributed by atoms with E-state index < -0.39 is 17.7 Å². The molecule has 9 nitrogen and oxygen atoms in total. The van der Waals surface area contributed by atoms with E-state index in [0.717, 1.165) is 25.2 Å². The third-order valence-corrected chi connectivity index (χ3v) is 6.47. The number of likely N-dealkylation sites (tertiary alicyclic amines) is 1. The quantitative estimate of drug-likeness (QED) is 0.341. The van der Waals surface area contributed by atoms with Gasteiger partial charge in [-0.3, -0.25) is 23.9 Å². The predicted octanol–water partition coefficient (Wildman–Crippen LogP) is 2.18. The number of imidazole rings is 1. The molecule has 34 heavy (non-hydrogen) atoms. The summed E-state index contributed by atoms with van der Waals surface area (Å²) >= 11 is 0. The van der Waals surface area contributed by atoms with Crippen LogP contribution >= 0.6 is 0 Å². The summed E-state index contributed by atoms with van der Waals surface area (Å²) in [6.45, 7) is 6.13. The van der Waals surface area contributed by atoms with Gasteiger partial charge in [-0.1, -0.05) is 6.07 Å². The maximum Gasteiger partial charge on any atom is 0.295 e. The van der Waals surface area contributed by atoms with E-state index in [1.54, 1.807) is 46.9 Å². The van der Waals surface area contributed by atoms with Gasteiger partial charge in [0, 0.05) is 44.8 Å². The van der Waals surface area contributed by atoms with Crippen LogP contribution in [0, 0.1) is 6.92 Å². The van der Waals surface area contributed by atoms with E-state index in [9.17, 15) is 14.7 Å². The lowest BCUT2D eigenvalue weighted by atomic mass is 9.97. The Hall–Kier alpha value is -3.56. The second-order valence-corrected chi connectivity index (χ2v) is 8.56. The van der Waals surface area contributed by atoms with Gasteiger partial charge in [-0.2, -0.15) is 0 Å². The third-order valence-electron chi connectivity index (χ3n) is 6.47. The number of pyridine rings is 2. The van der Waals surface area contributed by atoms with Gasteiger partial charge in [0.05, 0.1) is 30.5 Å². The van der Waals surface area contributed by atoms with Gasteiger partial charge >= 0.3 is 0 Å². The number of amides is 1. The summed E-state index contributed by atoms with van der Waals surface area (Å²) in [4.78, 5) is 38.9. The van der Waals surface area contributed by atoms with Gasteiger partial charge < -0.3 is 14.7 Å². The molecule has 1 N–H and O–H groups in total. The van der Waals surface area contributed by atoms with Crippen molar-refractivity contribution in [3.05, 3.63) is 71.4 Å². The summed E-state index contributed by atoms with van der Waals surface area (Å²) in [5, 5.41) is 11.4. The highest BCUT2D eigenvalue weighted by molar-refractivity contribution is 6.46. The number of hydrogen-bond donors (Lipinski definition) is 1. The number of carbonyl (C=O) groups excluding carboxylic acids is 2. The van der Waals surface area contributed by atoms with Crippen molar-refractivity contribution >= 4 is 23.1 Å². The molecule has 0 unspecified atom stereocenters. The Bertz CT molecular complexity index is 1250. The molecule has 0 spiro atoms. The standard InChI is InChI=1S/C25H27N5O4/c1-17-21(29-11-3-2-5-19(29)27-17)23(31)20-22(18-6-8-26-9-7-18)30(25(33)24(20)32)12-4-10-28-13-15-34-16-14-28/h2-3,5-9,11,22,31H,4,10,12-16H2,1H3/t22-/m0/s1. The number of carbonyl (C=O) groups is 2. The molecule has 0 aliphatic carbocycles. The van der Waals surface area contributed by atoms with Crippen LogP contribution in [0.15, 0.2) is 54.5 Å². The Morgan fingerprint density at radius 3 is 2.65 bits per heavy atom. The molecule has 5 heterocycles. The predicted molar refractivity (Wildman–Crippen MR) is 125 cm³/mol. The number of nitrogens with zero attached hydrogens (tertiary/aromatic N) is 5. The van der Waals surface area contributed by atoms with Crippen LogP contribution in [0.2, 0.25) is 0 Å². The van der Waals surface area contributed by atoms with Crippen LogP contribution in [0.3, 0.4) is 0 Å². The van der Waals surface area contributed by atoms with Gasteiger partial charge in [-0.25, -0.2) is 4.98 Å². The molecular formula is C25H27N5O4. The number of aryl methyl sites for hydroxylation is 1. The largest absolute Gasteiger partial charge is 0.505 e. The number of hydrogen-bond acceptors (Lipinski definition) is 7. The number of fused-ring (bicyclic) bond motifs is 1. The van der Waals surface area contributed by atoms with Crippen LogP contribution in [-0.2, 0) is 14.3 Å². The molecular weight excluding hydrogens is 434 g/mol. The molecule has 0 aromatic carbocycles. The average molecular weight is 462 g/mol. The van der Waals surface area contributed by atoms with Gasteiger partial charge in [0.1, 0.15) is 11.3 Å². The Morgan fingerprint density at radius 1 is 1.12 bits per heavy atom. The zero-order valence-electron chi connectivity index (χ0n) is 19.1. The molecule has 9 heteroatoms. The van der Waals surface area contributed by atoms with Crippen molar-refractivity contribution in [2.75, 3.05) is 39.4 Å². The molecule has 2 fully saturated rings. The van der Waals surface area contributed by atoms with E-state index in [-0.39, 0.29) is 11.3 Å². The fourth-order valence-electron chi connectivity index (χ4n) is 4.82. The van der Waals surface area contributed by atoms with Gasteiger partial charge in [0.2, 0.25) is 0 Å². The molecule has 0 bridgehead atoms. The molecule has 3 aromatic heterocycles. The Kier molecular flexibility index (Phi) is 6.12. The lowest BCUT2D eigenvalue weighted by Gasteiger charge is -2.29. The highest BCUT2D eigenvalue weighted by Crippen LogP contribution is 2.39. The Morgan fingerprint density at radius 2 is 1.88 bits per heavy atom. The minimum absolute atomic E-state index is 0.0799. The van der Waals surface area contributed by atoms with Crippen molar-refractivity contribution in [1.82, 2.24) is 24.2 Å². The van der Waals surface area contributed by atoms with Crippen molar-refractivity contribution < 1.29 is 19.4 Å². The highest BCUT2D eigenvalue weighted by Gasteiger charge is 2.46. The average Bonchev–Trinajstić information content (AvgIpc) is 3.33. The Labute approximate surface area is 197 Å². The molecule has 0 radical (unpaired) electrons. The lowest BCUT2D eigenvalue weighted by Crippen LogP contribution is -2.38. The summed E-state index contributed by atoms with van der Waals surface area (Å²) in [5.74, 6) is -1.50. The normalized spacial score (nSPS) is 21.0. The van der Waals surface area contributed by atoms with Gasteiger partial charge in [-0.05, 0) is 43.2 Å². The lowest BCUT2D eigenvalue weighted by molar-refractivity contribution is -0.140. The first-order chi connectivity index (χ1) is 16.6. The van der Waals surface area contributed by atoms with Crippen LogP contribution < -0.4 is 0 Å². The monoisotopic (exact) mass is 461 g/mol. The van der Waals surface area contributed by atoms with Gasteiger partial charge in [0.25, 0.3) is 11.7 Å². The molecule has 176 valence electrons. The molecule has 3 aromatic rings. The number of ether oxygens (including phenoxy) is 1. The first-order valence-corrected chi connectivity index (χ1v) is 11.5. The van der Waals surface area contributed by atoms with Crippen LogP contribution in [-0.4, -0.2) is 80.4 Å². The Balaban J connectivity index is 1.53. The van der Waals surface area contributed by atoms with Crippen LogP contribution in [0.4, 0.5) is 0 Å². The van der Waals surface area contributed by atoms with E-state index in [2.05, 4.69) is 14.9 Å². The van der Waals surface area contributed by atoms with E-state index in [1.165, 1.54) is 0 Å². The topological polar surface area (TPSA) is 100 Å². The van der Waals surface area contributed by atoms with Gasteiger partial charge in [-0.15, -0.1) is 0 Å². The van der Waals surface area contributed by atoms with E-state index in [0.29, 0.717) is 43.2 Å². The molecule has 0 saturated carbocycles. The molecule has 5 rings (SSSR count). The molecule has 2 saturated heterocycles. The highest BCUT2D eigenvalue weighted by atomic mass is 16.5. The van der Waals surface area contributed by atoms with Crippen molar-refractivity contribution in [2.45, 2.75) is 19.4 Å². The first-order valence-electron chi connectivity index (χ1n) is 11.5. The minimum Gasteiger partial charge on any atom is -0.505 e. The number of rotatable bonds is 6. The summed E-state index contributed by atoms with van der Waals surface area (Å²) < 4.78 is 7.14. The first kappa shape index (κ1) is 22.2. The SMILES string of the molecule is Cc1nc2ccccn2c1C(O)=C1C(=O)C(=O)N(CCCN2CCOCC2)[C@H]1c1ccncc1. The number of ketones is 1. The van der Waals surface area contributed by atoms with Crippen LogP contribution in [0.5, 0.6) is 0 Å². The number of morpholine rings is 1. The zero-order valence-corrected chi connectivity index (χ0v) is 19.1. The van der Waals surface area contributed by atoms with E-state index in [1.807, 2.05) is 18.2 Å². The number of aromatic nitrogens is 3. The zero-order chi connectivity index (χ0) is 23.7. The van der Waals surface area contributed by atoms with Crippen molar-refractivity contribution in [3.63, 3.8) is 0 Å². The number of aliphatic hydroxyl groups excluding tert-OH is 1. The molecule has 1 amide bonds. The summed E-state index contributed by atoms with van der Waals surface area (Å²) in [5.41, 5.74) is 2.46. The van der Waals surface area contributed by atoms with Crippen molar-refractivity contribution in [2.24, 2.45) is 0 Å².